The van der Waals surface area contributed by atoms with Gasteiger partial charge in [0.1, 0.15) is 5.82 Å². The fraction of sp³-hybridized carbons (Fsp3) is 0.333. The first-order valence-corrected chi connectivity index (χ1v) is 10.1. The van der Waals surface area contributed by atoms with Crippen LogP contribution >= 0.6 is 0 Å². The Hall–Kier alpha value is -2.16. The normalized spacial score (nSPS) is 19.3. The maximum Gasteiger partial charge on any atom is 0.302 e. The molecule has 0 bridgehead atoms. The van der Waals surface area contributed by atoms with Gasteiger partial charge in [0.2, 0.25) is 0 Å². The molecular weight excluding hydrogens is 355 g/mol. The van der Waals surface area contributed by atoms with Crippen molar-refractivity contribution in [2.24, 2.45) is 0 Å². The average molecular weight is 376 g/mol. The smallest absolute Gasteiger partial charge is 0.302 e. The van der Waals surface area contributed by atoms with Gasteiger partial charge in [0.25, 0.3) is 0 Å². The van der Waals surface area contributed by atoms with Crippen molar-refractivity contribution in [1.82, 2.24) is 10.0 Å². The Labute approximate surface area is 152 Å². The Morgan fingerprint density at radius 3 is 2.50 bits per heavy atom. The molecule has 2 aromatic rings. The molecule has 0 amide bonds. The van der Waals surface area contributed by atoms with Gasteiger partial charge in [0.15, 0.2) is 0 Å². The van der Waals surface area contributed by atoms with Crippen LogP contribution in [-0.4, -0.2) is 34.6 Å². The van der Waals surface area contributed by atoms with Crippen molar-refractivity contribution >= 4 is 21.6 Å². The molecule has 0 aromatic heterocycles. The van der Waals surface area contributed by atoms with Crippen LogP contribution in [0.4, 0.5) is 15.8 Å². The van der Waals surface area contributed by atoms with Crippen LogP contribution in [0.15, 0.2) is 42.5 Å². The summed E-state index contributed by atoms with van der Waals surface area (Å²) in [6, 6.07) is 11.9. The molecule has 4 rings (SSSR count). The highest BCUT2D eigenvalue weighted by Gasteiger charge is 2.32. The van der Waals surface area contributed by atoms with Crippen molar-refractivity contribution in [3.8, 4) is 0 Å². The van der Waals surface area contributed by atoms with E-state index in [0.717, 1.165) is 37.4 Å². The number of nitrogens with one attached hydrogen (secondary N) is 2. The number of anilines is 2. The molecule has 1 saturated heterocycles. The number of piperazine rings is 1. The quantitative estimate of drug-likeness (QED) is 0.854. The second kappa shape index (κ2) is 6.86. The van der Waals surface area contributed by atoms with Gasteiger partial charge in [0, 0.05) is 49.5 Å². The Morgan fingerprint density at radius 1 is 1.00 bits per heavy atom. The number of benzene rings is 2. The summed E-state index contributed by atoms with van der Waals surface area (Å²) in [6.07, 6.45) is 0. The molecule has 2 aromatic carbocycles. The molecular formula is C18H21FN4O2S. The van der Waals surface area contributed by atoms with Crippen molar-refractivity contribution < 1.29 is 12.8 Å². The van der Waals surface area contributed by atoms with Crippen LogP contribution in [0.3, 0.4) is 0 Å². The summed E-state index contributed by atoms with van der Waals surface area (Å²) >= 11 is 0. The minimum absolute atomic E-state index is 0.0417. The molecule has 0 aliphatic carbocycles. The molecule has 2 aliphatic rings. The van der Waals surface area contributed by atoms with E-state index >= 15 is 0 Å². The highest BCUT2D eigenvalue weighted by Crippen LogP contribution is 2.35. The van der Waals surface area contributed by atoms with E-state index in [0.29, 0.717) is 11.3 Å². The summed E-state index contributed by atoms with van der Waals surface area (Å²) in [4.78, 5) is 2.26. The Kier molecular flexibility index (Phi) is 4.56. The fourth-order valence-electron chi connectivity index (χ4n) is 3.50. The van der Waals surface area contributed by atoms with E-state index in [1.807, 2.05) is 12.1 Å². The highest BCUT2D eigenvalue weighted by molar-refractivity contribution is 7.90. The molecule has 6 nitrogen and oxygen atoms in total. The third kappa shape index (κ3) is 3.15. The summed E-state index contributed by atoms with van der Waals surface area (Å²) in [7, 11) is -3.71. The van der Waals surface area contributed by atoms with Gasteiger partial charge >= 0.3 is 10.2 Å². The predicted octanol–water partition coefficient (Wildman–Crippen LogP) is 1.59. The molecule has 2 heterocycles. The summed E-state index contributed by atoms with van der Waals surface area (Å²) in [5.41, 5.74) is 2.92. The lowest BCUT2D eigenvalue weighted by atomic mass is 10.1. The van der Waals surface area contributed by atoms with Gasteiger partial charge in [-0.25, -0.2) is 4.39 Å². The summed E-state index contributed by atoms with van der Waals surface area (Å²) in [6.45, 7) is 3.74. The lowest BCUT2D eigenvalue weighted by molar-refractivity contribution is 0.565. The molecule has 0 radical (unpaired) electrons. The monoisotopic (exact) mass is 376 g/mol. The Morgan fingerprint density at radius 2 is 1.73 bits per heavy atom. The molecule has 0 spiro atoms. The molecule has 0 atom stereocenters. The van der Waals surface area contributed by atoms with Crippen LogP contribution in [0.25, 0.3) is 0 Å². The molecule has 2 aliphatic heterocycles. The zero-order chi connectivity index (χ0) is 18.1. The lowest BCUT2D eigenvalue weighted by Gasteiger charge is -2.36. The first-order valence-electron chi connectivity index (χ1n) is 8.64. The minimum atomic E-state index is -3.71. The van der Waals surface area contributed by atoms with Crippen molar-refractivity contribution in [2.45, 2.75) is 13.1 Å². The number of hydrogen-bond donors (Lipinski definition) is 2. The number of nitrogens with zero attached hydrogens (tertiary/aromatic N) is 2. The molecule has 1 fully saturated rings. The van der Waals surface area contributed by atoms with Crippen molar-refractivity contribution in [3.05, 3.63) is 59.4 Å². The second-order valence-electron chi connectivity index (χ2n) is 6.44. The van der Waals surface area contributed by atoms with Gasteiger partial charge in [-0.1, -0.05) is 24.3 Å². The standard InChI is InChI=1S/C18H21FN4O2S/c19-16-5-2-1-4-14(16)13-23-18-7-3-6-17(22-10-8-20-9-11-22)15(18)12-21-26(23,24)25/h1-7,20-21H,8-13H2. The third-order valence-electron chi connectivity index (χ3n) is 4.85. The SMILES string of the molecule is O=S1(=O)NCc2c(N3CCNCC3)cccc2N1Cc1ccccc1F. The van der Waals surface area contributed by atoms with E-state index in [9.17, 15) is 12.8 Å². The van der Waals surface area contributed by atoms with Gasteiger partial charge in [-0.2, -0.15) is 13.1 Å². The number of hydrogen-bond acceptors (Lipinski definition) is 4. The molecule has 0 unspecified atom stereocenters. The van der Waals surface area contributed by atoms with E-state index in [2.05, 4.69) is 14.9 Å². The largest absolute Gasteiger partial charge is 0.369 e. The summed E-state index contributed by atoms with van der Waals surface area (Å²) in [5, 5.41) is 3.32. The van der Waals surface area contributed by atoms with Crippen molar-refractivity contribution in [2.75, 3.05) is 35.4 Å². The molecule has 138 valence electrons. The van der Waals surface area contributed by atoms with Crippen LogP contribution in [0, 0.1) is 5.82 Å². The predicted molar refractivity (Wildman–Crippen MR) is 99.9 cm³/mol. The Bertz CT molecular complexity index is 913. The van der Waals surface area contributed by atoms with E-state index in [1.165, 1.54) is 10.4 Å². The topological polar surface area (TPSA) is 64.7 Å². The van der Waals surface area contributed by atoms with Crippen LogP contribution in [-0.2, 0) is 23.3 Å². The average Bonchev–Trinajstić information content (AvgIpc) is 2.65. The zero-order valence-corrected chi connectivity index (χ0v) is 15.1. The van der Waals surface area contributed by atoms with Gasteiger partial charge in [-0.05, 0) is 18.2 Å². The highest BCUT2D eigenvalue weighted by atomic mass is 32.2. The van der Waals surface area contributed by atoms with E-state index in [1.54, 1.807) is 24.3 Å². The number of halogens is 1. The van der Waals surface area contributed by atoms with E-state index in [-0.39, 0.29) is 13.1 Å². The van der Waals surface area contributed by atoms with Gasteiger partial charge < -0.3 is 10.2 Å². The second-order valence-corrected chi connectivity index (χ2v) is 8.12. The third-order valence-corrected chi connectivity index (χ3v) is 6.26. The van der Waals surface area contributed by atoms with E-state index in [4.69, 9.17) is 0 Å². The Balaban J connectivity index is 1.75. The van der Waals surface area contributed by atoms with Gasteiger partial charge in [-0.15, -0.1) is 0 Å². The lowest BCUT2D eigenvalue weighted by Crippen LogP contribution is -2.47. The van der Waals surface area contributed by atoms with Crippen LogP contribution < -0.4 is 19.2 Å². The van der Waals surface area contributed by atoms with Crippen LogP contribution in [0.5, 0.6) is 0 Å². The van der Waals surface area contributed by atoms with Crippen molar-refractivity contribution in [1.29, 1.82) is 0 Å². The summed E-state index contributed by atoms with van der Waals surface area (Å²) < 4.78 is 43.2. The van der Waals surface area contributed by atoms with Gasteiger partial charge in [0.05, 0.1) is 12.2 Å². The fourth-order valence-corrected chi connectivity index (χ4v) is 4.72. The number of rotatable bonds is 3. The van der Waals surface area contributed by atoms with Crippen LogP contribution in [0.2, 0.25) is 0 Å². The van der Waals surface area contributed by atoms with E-state index < -0.39 is 16.0 Å². The first kappa shape index (κ1) is 17.3. The maximum atomic E-state index is 14.1. The molecule has 26 heavy (non-hydrogen) atoms. The minimum Gasteiger partial charge on any atom is -0.369 e. The summed E-state index contributed by atoms with van der Waals surface area (Å²) in [5.74, 6) is -0.409. The first-order chi connectivity index (χ1) is 12.6. The molecule has 8 heteroatoms. The van der Waals surface area contributed by atoms with Crippen molar-refractivity contribution in [3.63, 3.8) is 0 Å². The zero-order valence-electron chi connectivity index (χ0n) is 14.3. The molecule has 0 saturated carbocycles. The molecule has 2 N–H and O–H groups in total. The number of fused-ring (bicyclic) bond motifs is 1. The van der Waals surface area contributed by atoms with Gasteiger partial charge in [-0.3, -0.25) is 4.31 Å². The van der Waals surface area contributed by atoms with Crippen LogP contribution in [0.1, 0.15) is 11.1 Å². The maximum absolute atomic E-state index is 14.1.